The highest BCUT2D eigenvalue weighted by Crippen LogP contribution is 2.18. The fraction of sp³-hybridized carbons (Fsp3) is 0.667. The third-order valence-electron chi connectivity index (χ3n) is 4.91. The number of methoxy groups -OCH3 is 1. The molecule has 1 heterocycles. The Hall–Kier alpha value is -2.64. The normalized spacial score (nSPS) is 10.5. The number of carbonyl (C=O) groups excluding carboxylic acids is 3. The lowest BCUT2D eigenvalue weighted by Gasteiger charge is -2.10. The van der Waals surface area contributed by atoms with E-state index in [4.69, 9.17) is 14.2 Å². The highest BCUT2D eigenvalue weighted by atomic mass is 16.5. The minimum absolute atomic E-state index is 0.0179. The first kappa shape index (κ1) is 27.4. The quantitative estimate of drug-likeness (QED) is 0.276. The zero-order valence-electron chi connectivity index (χ0n) is 19.7. The van der Waals surface area contributed by atoms with Crippen LogP contribution in [-0.4, -0.2) is 49.7 Å². The summed E-state index contributed by atoms with van der Waals surface area (Å²) in [6.07, 6.45) is 11.9. The predicted octanol–water partition coefficient (Wildman–Crippen LogP) is 4.46. The van der Waals surface area contributed by atoms with E-state index in [1.54, 1.807) is 0 Å². The van der Waals surface area contributed by atoms with Crippen molar-refractivity contribution in [2.45, 2.75) is 78.1 Å². The number of ether oxygens (including phenoxy) is 3. The summed E-state index contributed by atoms with van der Waals surface area (Å²) in [6, 6.07) is 1.41. The summed E-state index contributed by atoms with van der Waals surface area (Å²) >= 11 is 0. The van der Waals surface area contributed by atoms with Crippen LogP contribution in [0.25, 0.3) is 0 Å². The largest absolute Gasteiger partial charge is 0.494 e. The molecule has 1 aromatic rings. The first-order valence-electron chi connectivity index (χ1n) is 11.7. The number of hydrogen-bond acceptors (Lipinski definition) is 7. The molecule has 1 amide bonds. The molecule has 0 aliphatic heterocycles. The van der Waals surface area contributed by atoms with Gasteiger partial charge in [0.15, 0.2) is 11.4 Å². The molecule has 1 rings (SSSR count). The maximum atomic E-state index is 12.4. The number of pyridine rings is 1. The van der Waals surface area contributed by atoms with E-state index >= 15 is 0 Å². The Morgan fingerprint density at radius 3 is 2.12 bits per heavy atom. The maximum Gasteiger partial charge on any atom is 0.339 e. The maximum absolute atomic E-state index is 12.4. The Morgan fingerprint density at radius 2 is 1.47 bits per heavy atom. The molecule has 0 aliphatic carbocycles. The second kappa shape index (κ2) is 17.0. The highest BCUT2D eigenvalue weighted by Gasteiger charge is 2.18. The Balaban J connectivity index is 2.43. The minimum atomic E-state index is -0.585. The summed E-state index contributed by atoms with van der Waals surface area (Å²) in [7, 11) is 1.38. The molecule has 0 saturated heterocycles. The number of amides is 1. The number of aromatic nitrogens is 1. The van der Waals surface area contributed by atoms with Crippen LogP contribution in [0.2, 0.25) is 0 Å². The Bertz CT molecular complexity index is 708. The molecule has 1 aromatic heterocycles. The van der Waals surface area contributed by atoms with E-state index in [0.29, 0.717) is 13.2 Å². The van der Waals surface area contributed by atoms with E-state index in [-0.39, 0.29) is 23.6 Å². The smallest absolute Gasteiger partial charge is 0.339 e. The summed E-state index contributed by atoms with van der Waals surface area (Å²) in [6.45, 7) is 4.70. The van der Waals surface area contributed by atoms with Crippen LogP contribution in [0.5, 0.6) is 5.75 Å². The van der Waals surface area contributed by atoms with Gasteiger partial charge in [-0.05, 0) is 18.9 Å². The van der Waals surface area contributed by atoms with Crippen LogP contribution in [-0.2, 0) is 14.3 Å². The molecule has 0 fully saturated rings. The van der Waals surface area contributed by atoms with Gasteiger partial charge in [0.1, 0.15) is 6.54 Å². The van der Waals surface area contributed by atoms with E-state index < -0.39 is 17.8 Å². The molecule has 0 bridgehead atoms. The molecule has 8 nitrogen and oxygen atoms in total. The molecule has 0 unspecified atom stereocenters. The molecule has 8 heteroatoms. The van der Waals surface area contributed by atoms with Crippen LogP contribution < -0.4 is 10.1 Å². The van der Waals surface area contributed by atoms with Gasteiger partial charge in [0.2, 0.25) is 0 Å². The zero-order valence-corrected chi connectivity index (χ0v) is 19.7. The number of unbranched alkanes of at least 4 members (excludes halogenated alkanes) is 8. The van der Waals surface area contributed by atoms with Crippen LogP contribution in [0.3, 0.4) is 0 Å². The topological polar surface area (TPSA) is 104 Å². The Kier molecular flexibility index (Phi) is 14.5. The second-order valence-electron chi connectivity index (χ2n) is 7.64. The summed E-state index contributed by atoms with van der Waals surface area (Å²) in [5.74, 6) is -1.48. The number of carbonyl (C=O) groups is 3. The number of esters is 2. The summed E-state index contributed by atoms with van der Waals surface area (Å²) in [5, 5.41) is 2.47. The van der Waals surface area contributed by atoms with Gasteiger partial charge in [0.05, 0.1) is 25.9 Å². The molecule has 0 spiro atoms. The minimum Gasteiger partial charge on any atom is -0.494 e. The zero-order chi connectivity index (χ0) is 23.6. The second-order valence-corrected chi connectivity index (χ2v) is 7.64. The van der Waals surface area contributed by atoms with E-state index in [1.807, 2.05) is 0 Å². The monoisotopic (exact) mass is 450 g/mol. The SMILES string of the molecule is CCCCCCCCOC(=O)CNC(=O)c1ncc(C(=O)OCCCCCC)cc1OC. The molecule has 0 radical (unpaired) electrons. The van der Waals surface area contributed by atoms with E-state index in [1.165, 1.54) is 38.6 Å². The van der Waals surface area contributed by atoms with Gasteiger partial charge >= 0.3 is 11.9 Å². The van der Waals surface area contributed by atoms with Gasteiger partial charge in [0, 0.05) is 6.20 Å². The molecule has 32 heavy (non-hydrogen) atoms. The van der Waals surface area contributed by atoms with Crippen LogP contribution in [0.1, 0.15) is 98.9 Å². The van der Waals surface area contributed by atoms with E-state index in [9.17, 15) is 14.4 Å². The fourth-order valence-corrected chi connectivity index (χ4v) is 3.01. The third kappa shape index (κ3) is 11.1. The number of nitrogens with one attached hydrogen (secondary N) is 1. The van der Waals surface area contributed by atoms with Crippen LogP contribution in [0, 0.1) is 0 Å². The lowest BCUT2D eigenvalue weighted by molar-refractivity contribution is -0.142. The van der Waals surface area contributed by atoms with Gasteiger partial charge in [-0.3, -0.25) is 9.59 Å². The van der Waals surface area contributed by atoms with Gasteiger partial charge in [0.25, 0.3) is 5.91 Å². The standard InChI is InChI=1S/C24H38N2O6/c1-4-6-8-10-11-13-14-31-21(27)18-26-23(28)22-20(30-3)16-19(17-25-22)24(29)32-15-12-9-7-5-2/h16-17H,4-15,18H2,1-3H3,(H,26,28). The van der Waals surface area contributed by atoms with Gasteiger partial charge in [-0.2, -0.15) is 0 Å². The van der Waals surface area contributed by atoms with Gasteiger partial charge in [-0.25, -0.2) is 9.78 Å². The number of nitrogens with zero attached hydrogens (tertiary/aromatic N) is 1. The van der Waals surface area contributed by atoms with Crippen molar-refractivity contribution in [1.29, 1.82) is 0 Å². The molecule has 0 aliphatic rings. The van der Waals surface area contributed by atoms with E-state index in [0.717, 1.165) is 44.9 Å². The number of hydrogen-bond donors (Lipinski definition) is 1. The molecule has 180 valence electrons. The molecule has 0 saturated carbocycles. The van der Waals surface area contributed by atoms with Gasteiger partial charge < -0.3 is 19.5 Å². The van der Waals surface area contributed by atoms with Crippen molar-refractivity contribution in [2.75, 3.05) is 26.9 Å². The molecule has 1 N–H and O–H groups in total. The van der Waals surface area contributed by atoms with Crippen molar-refractivity contribution >= 4 is 17.8 Å². The highest BCUT2D eigenvalue weighted by molar-refractivity contribution is 5.98. The third-order valence-corrected chi connectivity index (χ3v) is 4.91. The first-order valence-corrected chi connectivity index (χ1v) is 11.7. The average Bonchev–Trinajstić information content (AvgIpc) is 2.81. The van der Waals surface area contributed by atoms with Crippen molar-refractivity contribution in [3.63, 3.8) is 0 Å². The summed E-state index contributed by atoms with van der Waals surface area (Å²) < 4.78 is 15.6. The average molecular weight is 451 g/mol. The molecular formula is C24H38N2O6. The predicted molar refractivity (Wildman–Crippen MR) is 122 cm³/mol. The van der Waals surface area contributed by atoms with Crippen LogP contribution in [0.4, 0.5) is 0 Å². The lowest BCUT2D eigenvalue weighted by Crippen LogP contribution is -2.31. The Morgan fingerprint density at radius 1 is 0.875 bits per heavy atom. The van der Waals surface area contributed by atoms with Gasteiger partial charge in [-0.15, -0.1) is 0 Å². The Labute approximate surface area is 191 Å². The van der Waals surface area contributed by atoms with Crippen LogP contribution in [0.15, 0.2) is 12.3 Å². The van der Waals surface area contributed by atoms with E-state index in [2.05, 4.69) is 24.1 Å². The van der Waals surface area contributed by atoms with Crippen LogP contribution >= 0.6 is 0 Å². The number of rotatable bonds is 17. The van der Waals surface area contributed by atoms with Gasteiger partial charge in [-0.1, -0.05) is 65.2 Å². The molecular weight excluding hydrogens is 412 g/mol. The summed E-state index contributed by atoms with van der Waals surface area (Å²) in [4.78, 5) is 40.4. The van der Waals surface area contributed by atoms with Crippen molar-refractivity contribution < 1.29 is 28.6 Å². The van der Waals surface area contributed by atoms with Crippen molar-refractivity contribution in [1.82, 2.24) is 10.3 Å². The van der Waals surface area contributed by atoms with Crippen molar-refractivity contribution in [3.05, 3.63) is 23.5 Å². The molecule has 0 atom stereocenters. The fourth-order valence-electron chi connectivity index (χ4n) is 3.01. The van der Waals surface area contributed by atoms with Crippen molar-refractivity contribution in [2.24, 2.45) is 0 Å². The lowest BCUT2D eigenvalue weighted by atomic mass is 10.1. The van der Waals surface area contributed by atoms with Crippen molar-refractivity contribution in [3.8, 4) is 5.75 Å². The molecule has 0 aromatic carbocycles. The summed E-state index contributed by atoms with van der Waals surface area (Å²) in [5.41, 5.74) is 0.183. The first-order chi connectivity index (χ1) is 15.5.